The van der Waals surface area contributed by atoms with Gasteiger partial charge < -0.3 is 5.11 Å². The molecule has 94 valence electrons. The van der Waals surface area contributed by atoms with Crippen LogP contribution in [0.2, 0.25) is 0 Å². The maximum absolute atomic E-state index is 10.8. The minimum absolute atomic E-state index is 0.0911. The topological polar surface area (TPSA) is 83.7 Å². The molecule has 0 aliphatic rings. The molecule has 0 aromatic rings. The van der Waals surface area contributed by atoms with E-state index in [9.17, 15) is 14.9 Å². The zero-order valence-corrected chi connectivity index (χ0v) is 10.0. The molecule has 0 fully saturated rings. The van der Waals surface area contributed by atoms with Gasteiger partial charge in [-0.25, -0.2) is 0 Å². The monoisotopic (exact) mass is 240 g/mol. The highest BCUT2D eigenvalue weighted by Crippen LogP contribution is 2.01. The van der Waals surface area contributed by atoms with Crippen LogP contribution < -0.4 is 0 Å². The number of nitrogens with zero attached hydrogens (tertiary/aromatic N) is 2. The van der Waals surface area contributed by atoms with Crippen molar-refractivity contribution in [3.8, 4) is 0 Å². The summed E-state index contributed by atoms with van der Waals surface area (Å²) in [4.78, 5) is 22.3. The van der Waals surface area contributed by atoms with Gasteiger partial charge in [0.15, 0.2) is 0 Å². The molecule has 0 saturated heterocycles. The van der Waals surface area contributed by atoms with Gasteiger partial charge in [0, 0.05) is 12.2 Å². The highest BCUT2D eigenvalue weighted by Gasteiger charge is 2.15. The number of hydrogen-bond donors (Lipinski definition) is 1. The van der Waals surface area contributed by atoms with Crippen molar-refractivity contribution >= 4 is 5.97 Å². The van der Waals surface area contributed by atoms with Gasteiger partial charge in [-0.3, -0.25) is 19.8 Å². The van der Waals surface area contributed by atoms with Crippen molar-refractivity contribution < 1.29 is 14.8 Å². The van der Waals surface area contributed by atoms with Gasteiger partial charge in [0.1, 0.15) is 6.04 Å². The second-order valence-electron chi connectivity index (χ2n) is 3.48. The molecular weight excluding hydrogens is 224 g/mol. The van der Waals surface area contributed by atoms with E-state index in [1.807, 2.05) is 0 Å². The summed E-state index contributed by atoms with van der Waals surface area (Å²) >= 11 is 0. The van der Waals surface area contributed by atoms with Gasteiger partial charge >= 0.3 is 5.97 Å². The molecule has 0 rings (SSSR count). The van der Waals surface area contributed by atoms with Gasteiger partial charge in [-0.2, -0.15) is 0 Å². The van der Waals surface area contributed by atoms with Crippen molar-refractivity contribution in [3.63, 3.8) is 0 Å². The number of allylic oxidation sites excluding steroid dienone is 4. The van der Waals surface area contributed by atoms with Crippen LogP contribution in [-0.2, 0) is 4.79 Å². The average Bonchev–Trinajstić information content (AvgIpc) is 2.20. The Labute approximate surface area is 99.7 Å². The summed E-state index contributed by atoms with van der Waals surface area (Å²) in [6.45, 7) is 1.67. The lowest BCUT2D eigenvalue weighted by molar-refractivity contribution is -0.419. The second kappa shape index (κ2) is 7.34. The van der Waals surface area contributed by atoms with E-state index in [1.54, 1.807) is 27.1 Å². The SMILES string of the molecule is C\C=C/C(=C\C=C\C(C(=O)O)N(C)C)[N+](=O)[O-]. The van der Waals surface area contributed by atoms with E-state index >= 15 is 0 Å². The predicted molar refractivity (Wildman–Crippen MR) is 64.1 cm³/mol. The number of aliphatic carboxylic acids is 1. The van der Waals surface area contributed by atoms with Gasteiger partial charge in [-0.15, -0.1) is 0 Å². The van der Waals surface area contributed by atoms with Crippen LogP contribution in [0.25, 0.3) is 0 Å². The molecule has 1 unspecified atom stereocenters. The molecule has 0 bridgehead atoms. The van der Waals surface area contributed by atoms with E-state index in [0.717, 1.165) is 0 Å². The molecule has 1 atom stereocenters. The third-order valence-electron chi connectivity index (χ3n) is 1.92. The number of hydrogen-bond acceptors (Lipinski definition) is 4. The molecule has 6 heteroatoms. The molecule has 0 radical (unpaired) electrons. The number of rotatable bonds is 6. The van der Waals surface area contributed by atoms with Crippen LogP contribution >= 0.6 is 0 Å². The lowest BCUT2D eigenvalue weighted by Gasteiger charge is -2.15. The third kappa shape index (κ3) is 5.62. The van der Waals surface area contributed by atoms with Gasteiger partial charge in [-0.1, -0.05) is 18.2 Å². The van der Waals surface area contributed by atoms with Gasteiger partial charge in [0.2, 0.25) is 0 Å². The number of nitro groups is 1. The third-order valence-corrected chi connectivity index (χ3v) is 1.92. The molecule has 1 N–H and O–H groups in total. The van der Waals surface area contributed by atoms with Crippen LogP contribution in [0.1, 0.15) is 6.92 Å². The lowest BCUT2D eigenvalue weighted by atomic mass is 10.2. The van der Waals surface area contributed by atoms with E-state index in [0.29, 0.717) is 0 Å². The number of likely N-dealkylation sites (N-methyl/N-ethyl adjacent to an activating group) is 1. The van der Waals surface area contributed by atoms with Crippen LogP contribution in [-0.4, -0.2) is 41.0 Å². The minimum Gasteiger partial charge on any atom is -0.480 e. The largest absolute Gasteiger partial charge is 0.480 e. The van der Waals surface area contributed by atoms with Crippen LogP contribution in [0, 0.1) is 10.1 Å². The molecule has 0 saturated carbocycles. The number of carbonyl (C=O) groups is 1. The number of carboxylic acids is 1. The lowest BCUT2D eigenvalue weighted by Crippen LogP contribution is -2.33. The van der Waals surface area contributed by atoms with E-state index in [4.69, 9.17) is 5.11 Å². The van der Waals surface area contributed by atoms with Crippen molar-refractivity contribution in [1.82, 2.24) is 4.90 Å². The van der Waals surface area contributed by atoms with Crippen molar-refractivity contribution in [2.24, 2.45) is 0 Å². The first kappa shape index (κ1) is 15.0. The molecule has 0 amide bonds. The average molecular weight is 240 g/mol. The molecule has 0 spiro atoms. The Morgan fingerprint density at radius 3 is 2.41 bits per heavy atom. The Morgan fingerprint density at radius 1 is 1.47 bits per heavy atom. The fourth-order valence-electron chi connectivity index (χ4n) is 1.08. The quantitative estimate of drug-likeness (QED) is 0.429. The Morgan fingerprint density at radius 2 is 2.06 bits per heavy atom. The first-order valence-corrected chi connectivity index (χ1v) is 4.95. The summed E-state index contributed by atoms with van der Waals surface area (Å²) in [5.41, 5.74) is -0.0911. The van der Waals surface area contributed by atoms with Gasteiger partial charge in [-0.05, 0) is 21.0 Å². The Balaban J connectivity index is 4.86. The van der Waals surface area contributed by atoms with Crippen molar-refractivity contribution in [1.29, 1.82) is 0 Å². The van der Waals surface area contributed by atoms with Crippen molar-refractivity contribution in [2.45, 2.75) is 13.0 Å². The normalized spacial score (nSPS) is 14.7. The summed E-state index contributed by atoms with van der Waals surface area (Å²) in [5, 5.41) is 19.4. The zero-order valence-electron chi connectivity index (χ0n) is 10.0. The van der Waals surface area contributed by atoms with E-state index in [-0.39, 0.29) is 5.70 Å². The second-order valence-corrected chi connectivity index (χ2v) is 3.48. The Hall–Kier alpha value is -1.95. The number of carboxylic acid groups (broad SMARTS) is 1. The first-order valence-electron chi connectivity index (χ1n) is 4.95. The highest BCUT2D eigenvalue weighted by atomic mass is 16.6. The van der Waals surface area contributed by atoms with Gasteiger partial charge in [0.05, 0.1) is 4.92 Å². The summed E-state index contributed by atoms with van der Waals surface area (Å²) in [6, 6.07) is -0.801. The predicted octanol–water partition coefficient (Wildman–Crippen LogP) is 1.29. The summed E-state index contributed by atoms with van der Waals surface area (Å²) in [7, 11) is 3.24. The van der Waals surface area contributed by atoms with Gasteiger partial charge in [0.25, 0.3) is 5.70 Å². The molecule has 0 heterocycles. The van der Waals surface area contributed by atoms with Crippen LogP contribution in [0.3, 0.4) is 0 Å². The molecule has 0 aliphatic heterocycles. The summed E-state index contributed by atoms with van der Waals surface area (Å²) < 4.78 is 0. The summed E-state index contributed by atoms with van der Waals surface area (Å²) in [6.07, 6.45) is 6.91. The Kier molecular flexibility index (Phi) is 6.50. The molecule has 6 nitrogen and oxygen atoms in total. The maximum Gasteiger partial charge on any atom is 0.324 e. The minimum atomic E-state index is -1.01. The van der Waals surface area contributed by atoms with Crippen LogP contribution in [0.4, 0.5) is 0 Å². The van der Waals surface area contributed by atoms with E-state index < -0.39 is 16.9 Å². The fraction of sp³-hybridized carbons (Fsp3) is 0.364. The summed E-state index contributed by atoms with van der Waals surface area (Å²) in [5.74, 6) is -1.01. The smallest absolute Gasteiger partial charge is 0.324 e. The fourth-order valence-corrected chi connectivity index (χ4v) is 1.08. The van der Waals surface area contributed by atoms with E-state index in [1.165, 1.54) is 29.2 Å². The standard InChI is InChI=1S/C11H16N2O4/c1-4-6-9(13(16)17)7-5-8-10(11(14)15)12(2)3/h4-8,10H,1-3H3,(H,14,15)/b6-4-,8-5+,9-7+. The zero-order chi connectivity index (χ0) is 13.4. The highest BCUT2D eigenvalue weighted by molar-refractivity contribution is 5.75. The molecule has 0 aromatic carbocycles. The Bertz CT molecular complexity index is 370. The van der Waals surface area contributed by atoms with Crippen molar-refractivity contribution in [3.05, 3.63) is 46.2 Å². The maximum atomic E-state index is 10.8. The molecule has 0 aromatic heterocycles. The molecule has 17 heavy (non-hydrogen) atoms. The van der Waals surface area contributed by atoms with Crippen molar-refractivity contribution in [2.75, 3.05) is 14.1 Å². The molecular formula is C11H16N2O4. The van der Waals surface area contributed by atoms with Crippen LogP contribution in [0.5, 0.6) is 0 Å². The van der Waals surface area contributed by atoms with E-state index in [2.05, 4.69) is 0 Å². The molecule has 0 aliphatic carbocycles. The first-order chi connectivity index (χ1) is 7.90. The van der Waals surface area contributed by atoms with Crippen LogP contribution in [0.15, 0.2) is 36.1 Å².